The van der Waals surface area contributed by atoms with Crippen molar-refractivity contribution in [3.05, 3.63) is 11.9 Å². The minimum atomic E-state index is -0.543. The molecule has 0 aromatic carbocycles. The molecule has 1 rings (SSSR count). The molecule has 0 bridgehead atoms. The van der Waals surface area contributed by atoms with E-state index in [-0.39, 0.29) is 0 Å². The summed E-state index contributed by atoms with van der Waals surface area (Å²) in [5.74, 6) is 1.21. The molecular formula is C9H15N5O2. The molecule has 0 saturated carbocycles. The van der Waals surface area contributed by atoms with Gasteiger partial charge in [-0.1, -0.05) is 0 Å². The van der Waals surface area contributed by atoms with Gasteiger partial charge in [0, 0.05) is 13.1 Å². The first-order valence-corrected chi connectivity index (χ1v) is 4.78. The summed E-state index contributed by atoms with van der Waals surface area (Å²) in [5, 5.41) is 5.51. The monoisotopic (exact) mass is 225 g/mol. The van der Waals surface area contributed by atoms with Crippen LogP contribution in [-0.2, 0) is 0 Å². The van der Waals surface area contributed by atoms with Gasteiger partial charge in [-0.2, -0.15) is 0 Å². The number of methoxy groups -OCH3 is 1. The summed E-state index contributed by atoms with van der Waals surface area (Å²) in [6.07, 6.45) is 1.41. The number of amides is 2. The summed E-state index contributed by atoms with van der Waals surface area (Å²) in [6.45, 7) is 2.81. The first kappa shape index (κ1) is 12.0. The van der Waals surface area contributed by atoms with E-state index < -0.39 is 6.03 Å². The minimum Gasteiger partial charge on any atom is -0.481 e. The van der Waals surface area contributed by atoms with E-state index in [1.54, 1.807) is 7.11 Å². The molecule has 1 heterocycles. The molecule has 88 valence electrons. The first-order chi connectivity index (χ1) is 7.65. The molecule has 1 aromatic heterocycles. The van der Waals surface area contributed by atoms with Gasteiger partial charge in [0.1, 0.15) is 12.1 Å². The summed E-state index contributed by atoms with van der Waals surface area (Å²) in [6, 6.07) is -0.543. The number of urea groups is 1. The Kier molecular flexibility index (Phi) is 4.31. The van der Waals surface area contributed by atoms with E-state index in [2.05, 4.69) is 20.6 Å². The van der Waals surface area contributed by atoms with Gasteiger partial charge in [0.25, 0.3) is 0 Å². The average Bonchev–Trinajstić information content (AvgIpc) is 2.26. The number of anilines is 1. The van der Waals surface area contributed by atoms with Crippen molar-refractivity contribution in [2.24, 2.45) is 5.73 Å². The fourth-order valence-corrected chi connectivity index (χ4v) is 1.18. The maximum Gasteiger partial charge on any atom is 0.312 e. The summed E-state index contributed by atoms with van der Waals surface area (Å²) in [7, 11) is 1.55. The largest absolute Gasteiger partial charge is 0.481 e. The van der Waals surface area contributed by atoms with Crippen LogP contribution in [0.25, 0.3) is 0 Å². The predicted molar refractivity (Wildman–Crippen MR) is 59.4 cm³/mol. The van der Waals surface area contributed by atoms with Crippen molar-refractivity contribution in [1.29, 1.82) is 0 Å². The van der Waals surface area contributed by atoms with Crippen LogP contribution in [0.15, 0.2) is 6.33 Å². The highest BCUT2D eigenvalue weighted by Crippen LogP contribution is 2.18. The van der Waals surface area contributed by atoms with Crippen LogP contribution in [0, 0.1) is 6.92 Å². The molecule has 4 N–H and O–H groups in total. The van der Waals surface area contributed by atoms with Crippen LogP contribution in [0.3, 0.4) is 0 Å². The number of nitrogens with zero attached hydrogens (tertiary/aromatic N) is 2. The Bertz CT molecular complexity index is 369. The van der Waals surface area contributed by atoms with Crippen LogP contribution in [0.5, 0.6) is 5.88 Å². The zero-order chi connectivity index (χ0) is 12.0. The lowest BCUT2D eigenvalue weighted by atomic mass is 10.3. The fraction of sp³-hybridized carbons (Fsp3) is 0.444. The normalized spacial score (nSPS) is 9.62. The standard InChI is InChI=1S/C9H15N5O2/c1-6-7(11-3-4-12-9(10)15)13-5-14-8(6)16-2/h5H,3-4H2,1-2H3,(H3,10,12,15)(H,11,13,14). The molecule has 0 fully saturated rings. The van der Waals surface area contributed by atoms with Crippen LogP contribution < -0.4 is 21.1 Å². The van der Waals surface area contributed by atoms with Crippen LogP contribution in [-0.4, -0.2) is 36.2 Å². The van der Waals surface area contributed by atoms with Gasteiger partial charge in [-0.25, -0.2) is 14.8 Å². The van der Waals surface area contributed by atoms with Crippen molar-refractivity contribution in [2.45, 2.75) is 6.92 Å². The minimum absolute atomic E-state index is 0.432. The number of hydrogen-bond donors (Lipinski definition) is 3. The molecule has 2 amide bonds. The maximum absolute atomic E-state index is 10.4. The zero-order valence-corrected chi connectivity index (χ0v) is 9.28. The van der Waals surface area contributed by atoms with E-state index in [4.69, 9.17) is 10.5 Å². The third-order valence-electron chi connectivity index (χ3n) is 1.95. The topological polar surface area (TPSA) is 102 Å². The number of rotatable bonds is 5. The second-order valence-corrected chi connectivity index (χ2v) is 3.07. The number of hydrogen-bond acceptors (Lipinski definition) is 5. The smallest absolute Gasteiger partial charge is 0.312 e. The Morgan fingerprint density at radius 3 is 2.88 bits per heavy atom. The third kappa shape index (κ3) is 3.26. The number of primary amides is 1. The van der Waals surface area contributed by atoms with Gasteiger partial charge in [-0.05, 0) is 6.92 Å². The van der Waals surface area contributed by atoms with Crippen molar-refractivity contribution in [3.63, 3.8) is 0 Å². The molecule has 0 aliphatic heterocycles. The number of aromatic nitrogens is 2. The van der Waals surface area contributed by atoms with Crippen molar-refractivity contribution in [1.82, 2.24) is 15.3 Å². The summed E-state index contributed by atoms with van der Waals surface area (Å²) in [5.41, 5.74) is 5.75. The van der Waals surface area contributed by atoms with Gasteiger partial charge >= 0.3 is 6.03 Å². The lowest BCUT2D eigenvalue weighted by molar-refractivity contribution is 0.249. The van der Waals surface area contributed by atoms with Crippen molar-refractivity contribution >= 4 is 11.8 Å². The molecular weight excluding hydrogens is 210 g/mol. The highest BCUT2D eigenvalue weighted by Gasteiger charge is 2.05. The predicted octanol–water partition coefficient (Wildman–Crippen LogP) is -0.126. The van der Waals surface area contributed by atoms with Crippen molar-refractivity contribution < 1.29 is 9.53 Å². The molecule has 16 heavy (non-hydrogen) atoms. The van der Waals surface area contributed by atoms with Crippen LogP contribution >= 0.6 is 0 Å². The Hall–Kier alpha value is -2.05. The van der Waals surface area contributed by atoms with E-state index >= 15 is 0 Å². The summed E-state index contributed by atoms with van der Waals surface area (Å²) in [4.78, 5) is 18.4. The van der Waals surface area contributed by atoms with Gasteiger partial charge in [-0.3, -0.25) is 0 Å². The maximum atomic E-state index is 10.4. The molecule has 0 atom stereocenters. The SMILES string of the molecule is COc1ncnc(NCCNC(N)=O)c1C. The molecule has 0 unspecified atom stereocenters. The van der Waals surface area contributed by atoms with E-state index in [1.807, 2.05) is 6.92 Å². The van der Waals surface area contributed by atoms with E-state index in [9.17, 15) is 4.79 Å². The van der Waals surface area contributed by atoms with E-state index in [0.717, 1.165) is 5.56 Å². The van der Waals surface area contributed by atoms with Crippen molar-refractivity contribution in [2.75, 3.05) is 25.5 Å². The van der Waals surface area contributed by atoms with Crippen LogP contribution in [0.1, 0.15) is 5.56 Å². The lowest BCUT2D eigenvalue weighted by Gasteiger charge is -2.10. The quantitative estimate of drug-likeness (QED) is 0.606. The van der Waals surface area contributed by atoms with Gasteiger partial charge in [-0.15, -0.1) is 0 Å². The summed E-state index contributed by atoms with van der Waals surface area (Å²) >= 11 is 0. The molecule has 0 radical (unpaired) electrons. The number of nitrogens with one attached hydrogen (secondary N) is 2. The highest BCUT2D eigenvalue weighted by molar-refractivity contribution is 5.71. The fourth-order valence-electron chi connectivity index (χ4n) is 1.18. The number of carbonyl (C=O) groups excluding carboxylic acids is 1. The van der Waals surface area contributed by atoms with Crippen LogP contribution in [0.2, 0.25) is 0 Å². The molecule has 0 spiro atoms. The van der Waals surface area contributed by atoms with Crippen LogP contribution in [0.4, 0.5) is 10.6 Å². The molecule has 7 nitrogen and oxygen atoms in total. The van der Waals surface area contributed by atoms with Gasteiger partial charge in [0.05, 0.1) is 12.7 Å². The Morgan fingerprint density at radius 2 is 2.25 bits per heavy atom. The van der Waals surface area contributed by atoms with Gasteiger partial charge in [0.2, 0.25) is 5.88 Å². The second-order valence-electron chi connectivity index (χ2n) is 3.07. The molecule has 7 heteroatoms. The highest BCUT2D eigenvalue weighted by atomic mass is 16.5. The Morgan fingerprint density at radius 1 is 1.50 bits per heavy atom. The molecule has 0 aliphatic carbocycles. The average molecular weight is 225 g/mol. The lowest BCUT2D eigenvalue weighted by Crippen LogP contribution is -2.33. The number of ether oxygens (including phenoxy) is 1. The Labute approximate surface area is 93.4 Å². The Balaban J connectivity index is 2.50. The zero-order valence-electron chi connectivity index (χ0n) is 9.28. The molecule has 0 saturated heterocycles. The van der Waals surface area contributed by atoms with E-state index in [1.165, 1.54) is 6.33 Å². The van der Waals surface area contributed by atoms with Crippen molar-refractivity contribution in [3.8, 4) is 5.88 Å². The third-order valence-corrected chi connectivity index (χ3v) is 1.95. The second kappa shape index (κ2) is 5.74. The van der Waals surface area contributed by atoms with Gasteiger partial charge in [0.15, 0.2) is 0 Å². The molecule has 1 aromatic rings. The number of carbonyl (C=O) groups is 1. The first-order valence-electron chi connectivity index (χ1n) is 4.78. The van der Waals surface area contributed by atoms with E-state index in [0.29, 0.717) is 24.8 Å². The van der Waals surface area contributed by atoms with Gasteiger partial charge < -0.3 is 21.1 Å². The summed E-state index contributed by atoms with van der Waals surface area (Å²) < 4.78 is 5.05. The molecule has 0 aliphatic rings. The number of nitrogens with two attached hydrogens (primary N) is 1.